The smallest absolute Gasteiger partial charge is 0.416 e. The van der Waals surface area contributed by atoms with Crippen LogP contribution < -0.4 is 19.7 Å². The molecule has 46 heavy (non-hydrogen) atoms. The number of hydrogen-bond acceptors (Lipinski definition) is 8. The first kappa shape index (κ1) is 32.1. The molecule has 0 atom stereocenters. The van der Waals surface area contributed by atoms with Gasteiger partial charge in [0.25, 0.3) is 5.91 Å². The zero-order valence-electron chi connectivity index (χ0n) is 25.0. The Morgan fingerprint density at radius 3 is 2.41 bits per heavy atom. The molecule has 0 unspecified atom stereocenters. The fraction of sp³-hybridized carbons (Fsp3) is 0.242. The topological polar surface area (TPSA) is 104 Å². The van der Waals surface area contributed by atoms with Gasteiger partial charge in [-0.25, -0.2) is 9.48 Å². The summed E-state index contributed by atoms with van der Waals surface area (Å²) < 4.78 is 63.2. The van der Waals surface area contributed by atoms with Crippen LogP contribution in [0.25, 0.3) is 23.0 Å². The number of benzene rings is 3. The molecule has 5 rings (SSSR count). The van der Waals surface area contributed by atoms with Crippen molar-refractivity contribution >= 4 is 29.3 Å². The van der Waals surface area contributed by atoms with E-state index in [0.717, 1.165) is 23.9 Å². The minimum absolute atomic E-state index is 0.0406. The van der Waals surface area contributed by atoms with E-state index in [0.29, 0.717) is 60.3 Å². The molecule has 10 nitrogen and oxygen atoms in total. The van der Waals surface area contributed by atoms with Crippen LogP contribution in [-0.4, -0.2) is 68.8 Å². The minimum atomic E-state index is -4.61. The van der Waals surface area contributed by atoms with Crippen LogP contribution >= 0.6 is 0 Å². The molecule has 4 aromatic rings. The Kier molecular flexibility index (Phi) is 9.91. The van der Waals surface area contributed by atoms with Crippen molar-refractivity contribution in [1.82, 2.24) is 9.78 Å². The summed E-state index contributed by atoms with van der Waals surface area (Å²) in [6.45, 7) is 0.973. The molecule has 1 amide bonds. The zero-order chi connectivity index (χ0) is 32.7. The molecule has 240 valence electrons. The van der Waals surface area contributed by atoms with Crippen LogP contribution in [0.4, 0.5) is 24.5 Å². The maximum absolute atomic E-state index is 13.4. The molecule has 0 aliphatic carbocycles. The van der Waals surface area contributed by atoms with Crippen molar-refractivity contribution in [2.24, 2.45) is 0 Å². The molecule has 1 aromatic heterocycles. The lowest BCUT2D eigenvalue weighted by atomic mass is 10.1. The summed E-state index contributed by atoms with van der Waals surface area (Å²) in [6.07, 6.45) is -0.224. The van der Waals surface area contributed by atoms with Crippen molar-refractivity contribution in [1.29, 1.82) is 0 Å². The van der Waals surface area contributed by atoms with E-state index in [4.69, 9.17) is 24.0 Å². The molecule has 1 fully saturated rings. The Morgan fingerprint density at radius 1 is 0.978 bits per heavy atom. The molecular formula is C33H31F3N4O6. The first-order chi connectivity index (χ1) is 22.2. The molecule has 0 radical (unpaired) electrons. The van der Waals surface area contributed by atoms with Gasteiger partial charge < -0.3 is 29.2 Å². The first-order valence-corrected chi connectivity index (χ1v) is 14.2. The maximum atomic E-state index is 13.4. The maximum Gasteiger partial charge on any atom is 0.416 e. The SMILES string of the molecule is COc1ccc(-c2nn(-c3ccccc3)cc2C=CC(=O)OCC(=O)Nc2cc(C(F)(F)F)ccc2N2CCOCC2)cc1OC. The zero-order valence-corrected chi connectivity index (χ0v) is 25.0. The quantitative estimate of drug-likeness (QED) is 0.177. The number of halogens is 3. The number of ether oxygens (including phenoxy) is 4. The number of para-hydroxylation sites is 1. The Labute approximate surface area is 262 Å². The average molecular weight is 637 g/mol. The third kappa shape index (κ3) is 7.67. The van der Waals surface area contributed by atoms with E-state index >= 15 is 0 Å². The van der Waals surface area contributed by atoms with E-state index in [1.54, 1.807) is 29.1 Å². The monoisotopic (exact) mass is 636 g/mol. The Balaban J connectivity index is 1.32. The number of carbonyl (C=O) groups excluding carboxylic acids is 2. The van der Waals surface area contributed by atoms with E-state index in [2.05, 4.69) is 5.32 Å². The van der Waals surface area contributed by atoms with Crippen LogP contribution in [0, 0.1) is 0 Å². The lowest BCUT2D eigenvalue weighted by Gasteiger charge is -2.31. The Hall–Kier alpha value is -5.30. The number of nitrogens with one attached hydrogen (secondary N) is 1. The number of nitrogens with zero attached hydrogens (tertiary/aromatic N) is 3. The van der Waals surface area contributed by atoms with Crippen LogP contribution in [0.2, 0.25) is 0 Å². The summed E-state index contributed by atoms with van der Waals surface area (Å²) in [5.74, 6) is -0.598. The van der Waals surface area contributed by atoms with Gasteiger partial charge in [0, 0.05) is 36.5 Å². The van der Waals surface area contributed by atoms with Crippen LogP contribution in [0.15, 0.2) is 79.0 Å². The summed E-state index contributed by atoms with van der Waals surface area (Å²) in [5, 5.41) is 7.18. The standard InChI is InChI=1S/C33H31F3N4O6/c1-43-28-12-8-22(18-29(28)44-2)32-23(20-40(38-32)25-6-4-3-5-7-25)9-13-31(42)46-21-30(41)37-26-19-24(33(34,35)36)10-11-27(26)39-14-16-45-17-15-39/h3-13,18-20H,14-17,21H2,1-2H3,(H,37,41). The van der Waals surface area contributed by atoms with Crippen molar-refractivity contribution < 1.29 is 41.7 Å². The summed E-state index contributed by atoms with van der Waals surface area (Å²) in [5.41, 5.74) is 2.03. The summed E-state index contributed by atoms with van der Waals surface area (Å²) >= 11 is 0. The van der Waals surface area contributed by atoms with Gasteiger partial charge in [-0.2, -0.15) is 18.3 Å². The number of anilines is 2. The van der Waals surface area contributed by atoms with Crippen molar-refractivity contribution in [2.75, 3.05) is 57.3 Å². The number of amides is 1. The molecular weight excluding hydrogens is 605 g/mol. The summed E-state index contributed by atoms with van der Waals surface area (Å²) in [7, 11) is 3.05. The van der Waals surface area contributed by atoms with Crippen molar-refractivity contribution in [3.05, 3.63) is 90.1 Å². The van der Waals surface area contributed by atoms with E-state index in [1.165, 1.54) is 26.4 Å². The number of carbonyl (C=O) groups is 2. The van der Waals surface area contributed by atoms with Gasteiger partial charge in [0.2, 0.25) is 0 Å². The minimum Gasteiger partial charge on any atom is -0.493 e. The van der Waals surface area contributed by atoms with Gasteiger partial charge in [-0.15, -0.1) is 0 Å². The van der Waals surface area contributed by atoms with Gasteiger partial charge in [-0.1, -0.05) is 18.2 Å². The highest BCUT2D eigenvalue weighted by atomic mass is 19.4. The predicted molar refractivity (Wildman–Crippen MR) is 165 cm³/mol. The molecule has 1 aliphatic rings. The molecule has 1 N–H and O–H groups in total. The van der Waals surface area contributed by atoms with E-state index in [1.807, 2.05) is 35.2 Å². The van der Waals surface area contributed by atoms with E-state index in [-0.39, 0.29) is 5.69 Å². The second kappa shape index (κ2) is 14.2. The summed E-state index contributed by atoms with van der Waals surface area (Å²) in [6, 6.07) is 17.8. The average Bonchev–Trinajstić information content (AvgIpc) is 3.51. The normalized spacial score (nSPS) is 13.5. The third-order valence-electron chi connectivity index (χ3n) is 7.11. The van der Waals surface area contributed by atoms with E-state index in [9.17, 15) is 22.8 Å². The number of hydrogen-bond donors (Lipinski definition) is 1. The highest BCUT2D eigenvalue weighted by Crippen LogP contribution is 2.36. The van der Waals surface area contributed by atoms with E-state index < -0.39 is 30.2 Å². The Morgan fingerprint density at radius 2 is 1.72 bits per heavy atom. The molecule has 13 heteroatoms. The first-order valence-electron chi connectivity index (χ1n) is 14.2. The molecule has 0 bridgehead atoms. The molecule has 1 saturated heterocycles. The van der Waals surface area contributed by atoms with Gasteiger partial charge in [0.1, 0.15) is 5.69 Å². The lowest BCUT2D eigenvalue weighted by molar-refractivity contribution is -0.142. The number of rotatable bonds is 10. The molecule has 3 aromatic carbocycles. The molecule has 1 aliphatic heterocycles. The highest BCUT2D eigenvalue weighted by molar-refractivity contribution is 5.97. The number of methoxy groups -OCH3 is 2. The third-order valence-corrected chi connectivity index (χ3v) is 7.11. The van der Waals surface area contributed by atoms with Gasteiger partial charge in [-0.3, -0.25) is 4.79 Å². The van der Waals surface area contributed by atoms with Crippen molar-refractivity contribution in [2.45, 2.75) is 6.18 Å². The summed E-state index contributed by atoms with van der Waals surface area (Å²) in [4.78, 5) is 27.2. The number of morpholine rings is 1. The second-order valence-electron chi connectivity index (χ2n) is 10.1. The highest BCUT2D eigenvalue weighted by Gasteiger charge is 2.32. The molecule has 2 heterocycles. The van der Waals surface area contributed by atoms with Gasteiger partial charge >= 0.3 is 12.1 Å². The number of esters is 1. The number of alkyl halides is 3. The van der Waals surface area contributed by atoms with Crippen LogP contribution in [0.5, 0.6) is 11.5 Å². The largest absolute Gasteiger partial charge is 0.493 e. The lowest BCUT2D eigenvalue weighted by Crippen LogP contribution is -2.37. The van der Waals surface area contributed by atoms with Crippen molar-refractivity contribution in [3.8, 4) is 28.4 Å². The second-order valence-corrected chi connectivity index (χ2v) is 10.1. The van der Waals surface area contributed by atoms with Crippen LogP contribution in [0.1, 0.15) is 11.1 Å². The van der Waals surface area contributed by atoms with Crippen LogP contribution in [-0.2, 0) is 25.2 Å². The molecule has 0 saturated carbocycles. The number of aromatic nitrogens is 2. The molecule has 0 spiro atoms. The van der Waals surface area contributed by atoms with Crippen LogP contribution in [0.3, 0.4) is 0 Å². The van der Waals surface area contributed by atoms with Gasteiger partial charge in [0.15, 0.2) is 18.1 Å². The van der Waals surface area contributed by atoms with Gasteiger partial charge in [0.05, 0.1) is 50.1 Å². The fourth-order valence-corrected chi connectivity index (χ4v) is 4.85. The fourth-order valence-electron chi connectivity index (χ4n) is 4.85. The predicted octanol–water partition coefficient (Wildman–Crippen LogP) is 5.61. The Bertz CT molecular complexity index is 1720. The van der Waals surface area contributed by atoms with Gasteiger partial charge in [-0.05, 0) is 54.6 Å². The van der Waals surface area contributed by atoms with Crippen molar-refractivity contribution in [3.63, 3.8) is 0 Å².